The van der Waals surface area contributed by atoms with Crippen LogP contribution < -0.4 is 10.2 Å². The van der Waals surface area contributed by atoms with E-state index in [0.29, 0.717) is 31.1 Å². The predicted molar refractivity (Wildman–Crippen MR) is 135 cm³/mol. The summed E-state index contributed by atoms with van der Waals surface area (Å²) in [6, 6.07) is 5.22. The van der Waals surface area contributed by atoms with Gasteiger partial charge in [0.15, 0.2) is 0 Å². The number of carbonyl (C=O) groups is 1. The quantitative estimate of drug-likeness (QED) is 0.547. The van der Waals surface area contributed by atoms with E-state index in [1.54, 1.807) is 12.1 Å². The van der Waals surface area contributed by atoms with Gasteiger partial charge in [0.25, 0.3) is 0 Å². The molecule has 0 aromatic heterocycles. The summed E-state index contributed by atoms with van der Waals surface area (Å²) in [5.41, 5.74) is 1.53. The maximum absolute atomic E-state index is 13.1. The molecule has 33 heavy (non-hydrogen) atoms. The Hall–Kier alpha value is -1.64. The monoisotopic (exact) mass is 478 g/mol. The molecular weight excluding hydrogens is 436 g/mol. The largest absolute Gasteiger partial charge is 0.367 e. The normalized spacial score (nSPS) is 18.6. The van der Waals surface area contributed by atoms with Crippen molar-refractivity contribution >= 4 is 27.3 Å². The molecule has 0 bridgehead atoms. The van der Waals surface area contributed by atoms with Crippen LogP contribution in [0.2, 0.25) is 0 Å². The number of amides is 1. The van der Waals surface area contributed by atoms with Gasteiger partial charge in [-0.1, -0.05) is 52.9 Å². The summed E-state index contributed by atoms with van der Waals surface area (Å²) >= 11 is 0. The number of piperazine rings is 1. The molecule has 8 heteroatoms. The minimum absolute atomic E-state index is 0.0218. The molecule has 186 valence electrons. The molecule has 0 spiro atoms. The van der Waals surface area contributed by atoms with E-state index in [4.69, 9.17) is 0 Å². The summed E-state index contributed by atoms with van der Waals surface area (Å²) in [4.78, 5) is 17.8. The smallest absolute Gasteiger partial charge is 0.243 e. The highest BCUT2D eigenvalue weighted by atomic mass is 32.2. The number of sulfonamides is 1. The summed E-state index contributed by atoms with van der Waals surface area (Å²) in [5, 5.41) is 3.08. The van der Waals surface area contributed by atoms with Gasteiger partial charge in [0, 0.05) is 45.7 Å². The van der Waals surface area contributed by atoms with Gasteiger partial charge in [0.2, 0.25) is 15.9 Å². The number of rotatable bonds is 10. The number of anilines is 2. The van der Waals surface area contributed by atoms with E-state index < -0.39 is 10.0 Å². The Kier molecular flexibility index (Phi) is 9.58. The third-order valence-electron chi connectivity index (χ3n) is 7.25. The van der Waals surface area contributed by atoms with Crippen molar-refractivity contribution in [1.29, 1.82) is 0 Å². The van der Waals surface area contributed by atoms with Gasteiger partial charge in [-0.15, -0.1) is 0 Å². The number of hydrogen-bond donors (Lipinski definition) is 1. The second-order valence-electron chi connectivity index (χ2n) is 9.28. The summed E-state index contributed by atoms with van der Waals surface area (Å²) in [6.07, 6.45) is 7.69. The molecule has 3 rings (SSSR count). The molecule has 1 aromatic carbocycles. The lowest BCUT2D eigenvalue weighted by Crippen LogP contribution is -2.46. The first kappa shape index (κ1) is 26.0. The zero-order chi connectivity index (χ0) is 23.8. The Morgan fingerprint density at radius 1 is 1.03 bits per heavy atom. The highest BCUT2D eigenvalue weighted by Gasteiger charge is 2.25. The molecular formula is C25H42N4O3S. The number of nitrogens with one attached hydrogen (secondary N) is 1. The van der Waals surface area contributed by atoms with Crippen molar-refractivity contribution < 1.29 is 13.2 Å². The maximum Gasteiger partial charge on any atom is 0.243 e. The Bertz CT molecular complexity index is 872. The third-order valence-corrected chi connectivity index (χ3v) is 9.30. The van der Waals surface area contributed by atoms with Crippen LogP contribution in [-0.4, -0.2) is 69.3 Å². The molecule has 0 radical (unpaired) electrons. The lowest BCUT2D eigenvalue weighted by Gasteiger charge is -2.36. The fourth-order valence-electron chi connectivity index (χ4n) is 5.09. The van der Waals surface area contributed by atoms with Crippen LogP contribution in [0.5, 0.6) is 0 Å². The number of carbonyl (C=O) groups excluding carboxylic acids is 1. The van der Waals surface area contributed by atoms with Crippen molar-refractivity contribution in [3.63, 3.8) is 0 Å². The second kappa shape index (κ2) is 12.2. The van der Waals surface area contributed by atoms with Gasteiger partial charge in [-0.3, -0.25) is 4.79 Å². The molecule has 0 unspecified atom stereocenters. The van der Waals surface area contributed by atoms with Crippen LogP contribution in [0.15, 0.2) is 23.1 Å². The average molecular weight is 479 g/mol. The highest BCUT2D eigenvalue weighted by molar-refractivity contribution is 7.89. The zero-order valence-corrected chi connectivity index (χ0v) is 21.5. The Balaban J connectivity index is 1.81. The average Bonchev–Trinajstić information content (AvgIpc) is 2.84. The lowest BCUT2D eigenvalue weighted by atomic mass is 9.86. The number of likely N-dealkylation sites (N-methyl/N-ethyl adjacent to an activating group) is 1. The van der Waals surface area contributed by atoms with Crippen molar-refractivity contribution in [2.45, 2.75) is 70.6 Å². The molecule has 2 aliphatic rings. The molecule has 1 aliphatic heterocycles. The first-order valence-electron chi connectivity index (χ1n) is 12.8. The molecule has 1 aliphatic carbocycles. The summed E-state index contributed by atoms with van der Waals surface area (Å²) in [7, 11) is -3.59. The molecule has 1 heterocycles. The van der Waals surface area contributed by atoms with E-state index in [1.807, 2.05) is 19.9 Å². The van der Waals surface area contributed by atoms with Crippen molar-refractivity contribution in [1.82, 2.24) is 9.21 Å². The van der Waals surface area contributed by atoms with Crippen LogP contribution in [0.25, 0.3) is 0 Å². The van der Waals surface area contributed by atoms with Gasteiger partial charge in [-0.25, -0.2) is 8.42 Å². The van der Waals surface area contributed by atoms with Gasteiger partial charge in [-0.05, 0) is 37.1 Å². The predicted octanol–water partition coefficient (Wildman–Crippen LogP) is 4.16. The maximum atomic E-state index is 13.1. The fourth-order valence-corrected chi connectivity index (χ4v) is 6.58. The lowest BCUT2D eigenvalue weighted by molar-refractivity contribution is -0.116. The van der Waals surface area contributed by atoms with E-state index in [1.165, 1.54) is 36.4 Å². The third kappa shape index (κ3) is 6.70. The van der Waals surface area contributed by atoms with Crippen molar-refractivity contribution in [2.75, 3.05) is 56.0 Å². The summed E-state index contributed by atoms with van der Waals surface area (Å²) in [6.45, 7) is 11.4. The molecule has 1 N–H and O–H groups in total. The Labute approximate surface area is 200 Å². The first-order valence-corrected chi connectivity index (χ1v) is 14.2. The van der Waals surface area contributed by atoms with Crippen LogP contribution in [-0.2, 0) is 14.8 Å². The van der Waals surface area contributed by atoms with Crippen LogP contribution in [0, 0.1) is 5.92 Å². The first-order chi connectivity index (χ1) is 15.9. The molecule has 1 saturated carbocycles. The molecule has 1 saturated heterocycles. The second-order valence-corrected chi connectivity index (χ2v) is 11.2. The fraction of sp³-hybridized carbons (Fsp3) is 0.720. The molecule has 1 aromatic rings. The SMILES string of the molecule is CCN1CCN(c2ccc(S(=O)(=O)N(CC)CC)cc2NC(=O)CCC2CCCCC2)CC1. The Morgan fingerprint density at radius 2 is 1.70 bits per heavy atom. The van der Waals surface area contributed by atoms with Crippen LogP contribution in [0.3, 0.4) is 0 Å². The van der Waals surface area contributed by atoms with Gasteiger partial charge in [0.1, 0.15) is 0 Å². The van der Waals surface area contributed by atoms with Gasteiger partial charge in [0.05, 0.1) is 16.3 Å². The van der Waals surface area contributed by atoms with E-state index in [2.05, 4.69) is 22.0 Å². The van der Waals surface area contributed by atoms with Gasteiger partial charge >= 0.3 is 0 Å². The summed E-state index contributed by atoms with van der Waals surface area (Å²) in [5.74, 6) is 0.617. The number of hydrogen-bond acceptors (Lipinski definition) is 5. The molecule has 2 fully saturated rings. The highest BCUT2D eigenvalue weighted by Crippen LogP contribution is 2.32. The van der Waals surface area contributed by atoms with Crippen molar-refractivity contribution in [3.8, 4) is 0 Å². The van der Waals surface area contributed by atoms with E-state index in [0.717, 1.165) is 44.8 Å². The molecule has 7 nitrogen and oxygen atoms in total. The summed E-state index contributed by atoms with van der Waals surface area (Å²) < 4.78 is 27.7. The number of benzene rings is 1. The minimum atomic E-state index is -3.59. The van der Waals surface area contributed by atoms with E-state index in [9.17, 15) is 13.2 Å². The topological polar surface area (TPSA) is 73.0 Å². The van der Waals surface area contributed by atoms with Crippen LogP contribution in [0.4, 0.5) is 11.4 Å². The standard InChI is InChI=1S/C25H42N4O3S/c1-4-27-16-18-28(19-17-27)24-14-13-22(33(31,32)29(5-2)6-3)20-23(24)26-25(30)15-12-21-10-8-7-9-11-21/h13-14,20-21H,4-12,15-19H2,1-3H3,(H,26,30). The van der Waals surface area contributed by atoms with Crippen LogP contribution >= 0.6 is 0 Å². The van der Waals surface area contributed by atoms with Crippen molar-refractivity contribution in [2.24, 2.45) is 5.92 Å². The van der Waals surface area contributed by atoms with E-state index in [-0.39, 0.29) is 10.8 Å². The zero-order valence-electron chi connectivity index (χ0n) is 20.7. The Morgan fingerprint density at radius 3 is 2.30 bits per heavy atom. The van der Waals surface area contributed by atoms with Gasteiger partial charge < -0.3 is 15.1 Å². The van der Waals surface area contributed by atoms with Gasteiger partial charge in [-0.2, -0.15) is 4.31 Å². The van der Waals surface area contributed by atoms with E-state index >= 15 is 0 Å². The van der Waals surface area contributed by atoms with Crippen LogP contribution in [0.1, 0.15) is 65.7 Å². The number of nitrogens with zero attached hydrogens (tertiary/aromatic N) is 3. The minimum Gasteiger partial charge on any atom is -0.367 e. The molecule has 0 atom stereocenters. The van der Waals surface area contributed by atoms with Crippen molar-refractivity contribution in [3.05, 3.63) is 18.2 Å². The molecule has 1 amide bonds.